The van der Waals surface area contributed by atoms with Crippen molar-refractivity contribution >= 4 is 0 Å². The van der Waals surface area contributed by atoms with Crippen LogP contribution in [0.5, 0.6) is 0 Å². The van der Waals surface area contributed by atoms with E-state index in [1.165, 1.54) is 0 Å². The number of rotatable bonds is 10. The van der Waals surface area contributed by atoms with Crippen LogP contribution in [0.3, 0.4) is 0 Å². The molecule has 6 fully saturated rings. The molecule has 0 aromatic carbocycles. The third-order valence-corrected chi connectivity index (χ3v) is 16.3. The standard InChI is InChI=1S/C41H70O15/c1-36(2,56-51)12-9-13-41(8,55-35-32(49)30(47)29(46)24(54-35)19-53-34-31(48)28(45)23(44)18-52-34)20-10-14-40(7)27(20)21(42)16-26-38(5)17-22(43)33(50)37(3,4)25(38)11-15-39(26,40)6/h9,12,20-35,42-51H,10-11,13-19H2,1-8H3. The van der Waals surface area contributed by atoms with E-state index >= 15 is 0 Å². The van der Waals surface area contributed by atoms with E-state index in [2.05, 4.69) is 39.5 Å². The second-order valence-electron chi connectivity index (χ2n) is 20.3. The van der Waals surface area contributed by atoms with E-state index in [9.17, 15) is 51.2 Å². The van der Waals surface area contributed by atoms with Crippen molar-refractivity contribution in [3.8, 4) is 0 Å². The Kier molecular flexibility index (Phi) is 12.4. The van der Waals surface area contributed by atoms with E-state index in [1.807, 2.05) is 13.0 Å². The van der Waals surface area contributed by atoms with Crippen molar-refractivity contribution in [1.82, 2.24) is 0 Å². The molecule has 2 heterocycles. The van der Waals surface area contributed by atoms with Crippen molar-refractivity contribution in [3.63, 3.8) is 0 Å². The van der Waals surface area contributed by atoms with Crippen LogP contribution >= 0.6 is 0 Å². The van der Waals surface area contributed by atoms with Gasteiger partial charge in [0.25, 0.3) is 0 Å². The number of ether oxygens (including phenoxy) is 4. The fraction of sp³-hybridized carbons (Fsp3) is 0.951. The summed E-state index contributed by atoms with van der Waals surface area (Å²) in [5.41, 5.74) is -3.63. The highest BCUT2D eigenvalue weighted by Gasteiger charge is 2.72. The summed E-state index contributed by atoms with van der Waals surface area (Å²) in [5, 5.41) is 108. The zero-order valence-corrected chi connectivity index (χ0v) is 34.3. The molecule has 0 radical (unpaired) electrons. The van der Waals surface area contributed by atoms with Crippen LogP contribution in [0, 0.1) is 45.3 Å². The molecule has 56 heavy (non-hydrogen) atoms. The van der Waals surface area contributed by atoms with Gasteiger partial charge < -0.3 is 64.9 Å². The second kappa shape index (κ2) is 15.6. The molecule has 0 spiro atoms. The number of aliphatic hydroxyl groups excluding tert-OH is 9. The zero-order chi connectivity index (χ0) is 41.6. The molecule has 0 aromatic heterocycles. The van der Waals surface area contributed by atoms with Crippen LogP contribution in [0.25, 0.3) is 0 Å². The number of aliphatic hydroxyl groups is 9. The van der Waals surface area contributed by atoms with Crippen LogP contribution in [0.4, 0.5) is 0 Å². The largest absolute Gasteiger partial charge is 0.393 e. The average Bonchev–Trinajstić information content (AvgIpc) is 3.51. The molecule has 20 unspecified atom stereocenters. The van der Waals surface area contributed by atoms with Crippen molar-refractivity contribution in [3.05, 3.63) is 12.2 Å². The van der Waals surface area contributed by atoms with E-state index in [0.717, 1.165) is 19.3 Å². The first-order valence-electron chi connectivity index (χ1n) is 20.6. The summed E-state index contributed by atoms with van der Waals surface area (Å²) >= 11 is 0. The summed E-state index contributed by atoms with van der Waals surface area (Å²) in [6, 6.07) is 0. The first-order chi connectivity index (χ1) is 25.9. The summed E-state index contributed by atoms with van der Waals surface area (Å²) in [4.78, 5) is 4.66. The molecule has 6 rings (SSSR count). The lowest BCUT2D eigenvalue weighted by Gasteiger charge is -2.71. The van der Waals surface area contributed by atoms with Crippen molar-refractivity contribution in [1.29, 1.82) is 0 Å². The highest BCUT2D eigenvalue weighted by atomic mass is 17.1. The van der Waals surface area contributed by atoms with E-state index in [4.69, 9.17) is 18.9 Å². The van der Waals surface area contributed by atoms with E-state index in [1.54, 1.807) is 19.9 Å². The minimum absolute atomic E-state index is 0.0664. The van der Waals surface area contributed by atoms with Crippen LogP contribution < -0.4 is 0 Å². The molecule has 15 heteroatoms. The van der Waals surface area contributed by atoms with Gasteiger partial charge in [0.2, 0.25) is 0 Å². The molecular weight excluding hydrogens is 732 g/mol. The molecular formula is C41H70O15. The van der Waals surface area contributed by atoms with Crippen LogP contribution in [0.1, 0.15) is 100 Å². The fourth-order valence-electron chi connectivity index (χ4n) is 13.0. The monoisotopic (exact) mass is 802 g/mol. The van der Waals surface area contributed by atoms with Gasteiger partial charge in [-0.3, -0.25) is 5.26 Å². The summed E-state index contributed by atoms with van der Waals surface area (Å²) in [5.74, 6) is -0.340. The van der Waals surface area contributed by atoms with Gasteiger partial charge in [-0.1, -0.05) is 46.8 Å². The molecule has 20 atom stereocenters. The molecule has 4 aliphatic carbocycles. The molecule has 4 saturated carbocycles. The van der Waals surface area contributed by atoms with Crippen molar-refractivity contribution < 1.29 is 75.1 Å². The SMILES string of the molecule is CC(C)(C=CCC(C)(OC1OC(COC2OCC(O)C(O)C2O)C(O)C(O)C1O)C1CCC2(C)C1C(O)CC1C3(C)CC(O)C(O)C(C)(C)C3CCC12C)OO. The van der Waals surface area contributed by atoms with Crippen LogP contribution in [-0.2, 0) is 23.8 Å². The average molecular weight is 803 g/mol. The third-order valence-electron chi connectivity index (χ3n) is 16.3. The Morgan fingerprint density at radius 2 is 1.38 bits per heavy atom. The van der Waals surface area contributed by atoms with Gasteiger partial charge in [0.05, 0.1) is 37.1 Å². The van der Waals surface area contributed by atoms with Gasteiger partial charge in [0.1, 0.15) is 48.3 Å². The molecule has 10 N–H and O–H groups in total. The summed E-state index contributed by atoms with van der Waals surface area (Å²) in [6.07, 6.45) is -8.12. The molecule has 324 valence electrons. The lowest BCUT2D eigenvalue weighted by Crippen LogP contribution is -2.68. The maximum absolute atomic E-state index is 12.4. The van der Waals surface area contributed by atoms with Gasteiger partial charge >= 0.3 is 0 Å². The van der Waals surface area contributed by atoms with Gasteiger partial charge in [0, 0.05) is 0 Å². The maximum Gasteiger partial charge on any atom is 0.187 e. The normalized spacial score (nSPS) is 51.9. The van der Waals surface area contributed by atoms with Gasteiger partial charge in [-0.25, -0.2) is 4.89 Å². The Balaban J connectivity index is 1.29. The Hall–Kier alpha value is -0.860. The lowest BCUT2D eigenvalue weighted by atomic mass is 9.35. The molecule has 0 bridgehead atoms. The Labute approximate surface area is 330 Å². The van der Waals surface area contributed by atoms with Crippen LogP contribution in [0.15, 0.2) is 12.2 Å². The van der Waals surface area contributed by atoms with Gasteiger partial charge in [0.15, 0.2) is 12.6 Å². The molecule has 2 aliphatic heterocycles. The van der Waals surface area contributed by atoms with E-state index in [-0.39, 0.29) is 52.9 Å². The predicted molar refractivity (Wildman–Crippen MR) is 199 cm³/mol. The van der Waals surface area contributed by atoms with Crippen molar-refractivity contribution in [2.24, 2.45) is 45.3 Å². The van der Waals surface area contributed by atoms with Gasteiger partial charge in [-0.2, -0.15) is 0 Å². The maximum atomic E-state index is 12.4. The lowest BCUT2D eigenvalue weighted by molar-refractivity contribution is -0.345. The summed E-state index contributed by atoms with van der Waals surface area (Å²) in [7, 11) is 0. The minimum atomic E-state index is -1.72. The number of fused-ring (bicyclic) bond motifs is 5. The smallest absolute Gasteiger partial charge is 0.187 e. The molecule has 0 aromatic rings. The summed E-state index contributed by atoms with van der Waals surface area (Å²) in [6.45, 7) is 15.5. The Morgan fingerprint density at radius 3 is 2.04 bits per heavy atom. The van der Waals surface area contributed by atoms with Crippen molar-refractivity contribution in [2.75, 3.05) is 13.2 Å². The second-order valence-corrected chi connectivity index (χ2v) is 20.3. The van der Waals surface area contributed by atoms with E-state index < -0.39 is 96.8 Å². The Morgan fingerprint density at radius 1 is 0.732 bits per heavy atom. The summed E-state index contributed by atoms with van der Waals surface area (Å²) < 4.78 is 23.9. The number of hydrogen-bond donors (Lipinski definition) is 10. The first-order valence-corrected chi connectivity index (χ1v) is 20.6. The van der Waals surface area contributed by atoms with Crippen molar-refractivity contribution in [2.45, 2.75) is 185 Å². The molecule has 0 amide bonds. The van der Waals surface area contributed by atoms with Crippen LogP contribution in [0.2, 0.25) is 0 Å². The quantitative estimate of drug-likeness (QED) is 0.0848. The number of hydrogen-bond acceptors (Lipinski definition) is 15. The Bertz CT molecular complexity index is 1410. The predicted octanol–water partition coefficient (Wildman–Crippen LogP) is 1.23. The molecule has 2 saturated heterocycles. The van der Waals surface area contributed by atoms with E-state index in [0.29, 0.717) is 19.3 Å². The van der Waals surface area contributed by atoms with Gasteiger partial charge in [-0.05, 0) is 111 Å². The molecule has 15 nitrogen and oxygen atoms in total. The van der Waals surface area contributed by atoms with Crippen LogP contribution in [-0.4, -0.2) is 149 Å². The third kappa shape index (κ3) is 7.25. The first kappa shape index (κ1) is 44.7. The highest BCUT2D eigenvalue weighted by molar-refractivity contribution is 5.21. The topological polar surface area (TPSA) is 248 Å². The fourth-order valence-corrected chi connectivity index (χ4v) is 13.0. The highest BCUT2D eigenvalue weighted by Crippen LogP contribution is 2.76. The minimum Gasteiger partial charge on any atom is -0.393 e. The zero-order valence-electron chi connectivity index (χ0n) is 34.3. The van der Waals surface area contributed by atoms with Gasteiger partial charge in [-0.15, -0.1) is 0 Å². The molecule has 6 aliphatic rings.